The number of amides is 1. The number of halogens is 1. The van der Waals surface area contributed by atoms with E-state index in [-0.39, 0.29) is 11.0 Å². The number of anilines is 1. The number of oxazole rings is 1. The second-order valence-electron chi connectivity index (χ2n) is 7.37. The number of nitrogens with one attached hydrogen (secondary N) is 2. The molecular weight excluding hydrogens is 474 g/mol. The fourth-order valence-electron chi connectivity index (χ4n) is 3.12. The van der Waals surface area contributed by atoms with Crippen LogP contribution in [0, 0.1) is 0 Å². The third kappa shape index (κ3) is 4.84. The summed E-state index contributed by atoms with van der Waals surface area (Å²) >= 11 is 8.66. The number of carbonyl (C=O) groups excluding carboxylic acids is 1. The molecule has 0 fully saturated rings. The van der Waals surface area contributed by atoms with Crippen LogP contribution in [0.25, 0.3) is 22.6 Å². The van der Waals surface area contributed by atoms with Crippen molar-refractivity contribution in [2.24, 2.45) is 0 Å². The average Bonchev–Trinajstić information content (AvgIpc) is 3.17. The lowest BCUT2D eigenvalue weighted by atomic mass is 10.0. The summed E-state index contributed by atoms with van der Waals surface area (Å²) in [6, 6.07) is 20.9. The van der Waals surface area contributed by atoms with Gasteiger partial charge >= 0.3 is 0 Å². The third-order valence-electron chi connectivity index (χ3n) is 4.82. The van der Waals surface area contributed by atoms with Crippen molar-refractivity contribution >= 4 is 56.0 Å². The molecule has 4 rings (SSSR count). The highest BCUT2D eigenvalue weighted by Crippen LogP contribution is 2.27. The lowest BCUT2D eigenvalue weighted by Crippen LogP contribution is -2.34. The van der Waals surface area contributed by atoms with Gasteiger partial charge in [-0.05, 0) is 82.1 Å². The molecule has 0 unspecified atom stereocenters. The van der Waals surface area contributed by atoms with Gasteiger partial charge in [-0.3, -0.25) is 10.1 Å². The molecule has 0 atom stereocenters. The smallest absolute Gasteiger partial charge is 0.258 e. The molecule has 0 aliphatic carbocycles. The van der Waals surface area contributed by atoms with Crippen LogP contribution in [-0.2, 0) is 0 Å². The van der Waals surface area contributed by atoms with Crippen molar-refractivity contribution < 1.29 is 9.21 Å². The van der Waals surface area contributed by atoms with Gasteiger partial charge < -0.3 is 9.73 Å². The van der Waals surface area contributed by atoms with Crippen LogP contribution in [0.1, 0.15) is 35.7 Å². The van der Waals surface area contributed by atoms with Gasteiger partial charge in [0.2, 0.25) is 5.89 Å². The number of fused-ring (bicyclic) bond motifs is 1. The number of nitrogens with zero attached hydrogens (tertiary/aromatic N) is 1. The number of aromatic nitrogens is 1. The Bertz CT molecular complexity index is 1270. The van der Waals surface area contributed by atoms with E-state index in [0.717, 1.165) is 5.56 Å². The number of carbonyl (C=O) groups is 1. The maximum Gasteiger partial charge on any atom is 0.258 e. The molecule has 1 amide bonds. The van der Waals surface area contributed by atoms with Gasteiger partial charge in [-0.15, -0.1) is 0 Å². The molecule has 31 heavy (non-hydrogen) atoms. The number of thiocarbonyl (C=S) groups is 1. The SMILES string of the molecule is CC(C)c1ccc(-c2nc3cc(NC(=S)NC(=O)c4ccccc4Br)ccc3o2)cc1. The van der Waals surface area contributed by atoms with Crippen molar-refractivity contribution in [3.8, 4) is 11.5 Å². The Kier molecular flexibility index (Phi) is 6.15. The first-order valence-electron chi connectivity index (χ1n) is 9.78. The molecule has 4 aromatic rings. The minimum absolute atomic E-state index is 0.202. The van der Waals surface area contributed by atoms with Gasteiger partial charge in [-0.25, -0.2) is 4.98 Å². The van der Waals surface area contributed by atoms with Gasteiger partial charge in [0.1, 0.15) is 5.52 Å². The largest absolute Gasteiger partial charge is 0.436 e. The first-order valence-corrected chi connectivity index (χ1v) is 11.0. The molecule has 0 aliphatic heterocycles. The van der Waals surface area contributed by atoms with Crippen LogP contribution in [0.3, 0.4) is 0 Å². The van der Waals surface area contributed by atoms with E-state index in [1.807, 2.05) is 36.4 Å². The van der Waals surface area contributed by atoms with Gasteiger partial charge in [-0.1, -0.05) is 38.1 Å². The summed E-state index contributed by atoms with van der Waals surface area (Å²) in [6.45, 7) is 4.32. The van der Waals surface area contributed by atoms with Crippen molar-refractivity contribution in [1.29, 1.82) is 0 Å². The van der Waals surface area contributed by atoms with Crippen molar-refractivity contribution in [1.82, 2.24) is 10.3 Å². The van der Waals surface area contributed by atoms with Gasteiger partial charge in [0, 0.05) is 15.7 Å². The summed E-state index contributed by atoms with van der Waals surface area (Å²) in [4.78, 5) is 17.0. The average molecular weight is 494 g/mol. The van der Waals surface area contributed by atoms with E-state index in [4.69, 9.17) is 16.6 Å². The first-order chi connectivity index (χ1) is 14.9. The number of hydrogen-bond acceptors (Lipinski definition) is 4. The third-order valence-corrected chi connectivity index (χ3v) is 5.71. The molecule has 2 N–H and O–H groups in total. The number of hydrogen-bond donors (Lipinski definition) is 2. The van der Waals surface area contributed by atoms with E-state index >= 15 is 0 Å². The molecule has 0 spiro atoms. The number of rotatable bonds is 4. The van der Waals surface area contributed by atoms with Crippen molar-refractivity contribution in [2.75, 3.05) is 5.32 Å². The van der Waals surface area contributed by atoms with Crippen LogP contribution in [0.2, 0.25) is 0 Å². The molecule has 0 saturated heterocycles. The highest BCUT2D eigenvalue weighted by molar-refractivity contribution is 9.10. The van der Waals surface area contributed by atoms with E-state index in [1.54, 1.807) is 18.2 Å². The highest BCUT2D eigenvalue weighted by Gasteiger charge is 2.13. The fourth-order valence-corrected chi connectivity index (χ4v) is 3.79. The van der Waals surface area contributed by atoms with E-state index in [0.29, 0.717) is 38.6 Å². The minimum Gasteiger partial charge on any atom is -0.436 e. The Hall–Kier alpha value is -3.03. The summed E-state index contributed by atoms with van der Waals surface area (Å²) in [6.07, 6.45) is 0. The molecule has 0 radical (unpaired) electrons. The molecule has 7 heteroatoms. The van der Waals surface area contributed by atoms with Crippen molar-refractivity contribution in [2.45, 2.75) is 19.8 Å². The van der Waals surface area contributed by atoms with Gasteiger partial charge in [0.05, 0.1) is 5.56 Å². The Balaban J connectivity index is 1.48. The highest BCUT2D eigenvalue weighted by atomic mass is 79.9. The van der Waals surface area contributed by atoms with Crippen LogP contribution in [0.5, 0.6) is 0 Å². The van der Waals surface area contributed by atoms with Crippen LogP contribution in [0.4, 0.5) is 5.69 Å². The zero-order chi connectivity index (χ0) is 22.0. The molecule has 3 aromatic carbocycles. The zero-order valence-corrected chi connectivity index (χ0v) is 19.4. The molecule has 1 heterocycles. The van der Waals surface area contributed by atoms with Crippen molar-refractivity contribution in [3.05, 3.63) is 82.3 Å². The van der Waals surface area contributed by atoms with Crippen molar-refractivity contribution in [3.63, 3.8) is 0 Å². The normalized spacial score (nSPS) is 11.0. The summed E-state index contributed by atoms with van der Waals surface area (Å²) in [7, 11) is 0. The molecule has 156 valence electrons. The Morgan fingerprint density at radius 1 is 1.06 bits per heavy atom. The quantitative estimate of drug-likeness (QED) is 0.317. The molecule has 0 bridgehead atoms. The summed E-state index contributed by atoms with van der Waals surface area (Å²) in [5, 5.41) is 5.91. The molecule has 5 nitrogen and oxygen atoms in total. The molecular formula is C24H20BrN3O2S. The van der Waals surface area contributed by atoms with Crippen LogP contribution >= 0.6 is 28.1 Å². The summed E-state index contributed by atoms with van der Waals surface area (Å²) in [5.74, 6) is 0.741. The standard InChI is InChI=1S/C24H20BrN3O2S/c1-14(2)15-7-9-16(10-8-15)23-27-20-13-17(11-12-21(20)30-23)26-24(31)28-22(29)18-5-3-4-6-19(18)25/h3-14H,1-2H3,(H2,26,28,29,31). The van der Waals surface area contributed by atoms with Gasteiger partial charge in [-0.2, -0.15) is 0 Å². The summed E-state index contributed by atoms with van der Waals surface area (Å²) in [5.41, 5.74) is 4.78. The Morgan fingerprint density at radius 3 is 2.52 bits per heavy atom. The second-order valence-corrected chi connectivity index (χ2v) is 8.63. The lowest BCUT2D eigenvalue weighted by Gasteiger charge is -2.10. The van der Waals surface area contributed by atoms with Crippen LogP contribution in [-0.4, -0.2) is 16.0 Å². The molecule has 1 aromatic heterocycles. The molecule has 0 aliphatic rings. The zero-order valence-electron chi connectivity index (χ0n) is 17.0. The maximum atomic E-state index is 12.4. The van der Waals surface area contributed by atoms with Gasteiger partial charge in [0.15, 0.2) is 10.7 Å². The van der Waals surface area contributed by atoms with E-state index in [2.05, 4.69) is 57.5 Å². The summed E-state index contributed by atoms with van der Waals surface area (Å²) < 4.78 is 6.61. The van der Waals surface area contributed by atoms with Crippen LogP contribution in [0.15, 0.2) is 75.6 Å². The van der Waals surface area contributed by atoms with Crippen LogP contribution < -0.4 is 10.6 Å². The topological polar surface area (TPSA) is 67.2 Å². The Labute approximate surface area is 194 Å². The number of benzene rings is 3. The minimum atomic E-state index is -0.292. The van der Waals surface area contributed by atoms with E-state index in [9.17, 15) is 4.79 Å². The maximum absolute atomic E-state index is 12.4. The predicted octanol–water partition coefficient (Wildman–Crippen LogP) is 6.51. The van der Waals surface area contributed by atoms with E-state index < -0.39 is 0 Å². The lowest BCUT2D eigenvalue weighted by molar-refractivity contribution is 0.0977. The van der Waals surface area contributed by atoms with E-state index in [1.165, 1.54) is 5.56 Å². The first kappa shape index (κ1) is 21.2. The fraction of sp³-hybridized carbons (Fsp3) is 0.125. The predicted molar refractivity (Wildman–Crippen MR) is 131 cm³/mol. The molecule has 0 saturated carbocycles. The van der Waals surface area contributed by atoms with Gasteiger partial charge in [0.25, 0.3) is 5.91 Å². The Morgan fingerprint density at radius 2 is 1.81 bits per heavy atom. The monoisotopic (exact) mass is 493 g/mol. The second kappa shape index (κ2) is 8.99.